The molecule has 4 rings (SSSR count). The van der Waals surface area contributed by atoms with E-state index in [1.807, 2.05) is 18.2 Å². The van der Waals surface area contributed by atoms with E-state index in [1.54, 1.807) is 5.57 Å². The van der Waals surface area contributed by atoms with Gasteiger partial charge in [-0.15, -0.1) is 0 Å². The first-order valence-electron chi connectivity index (χ1n) is 9.79. The molecule has 140 valence electrons. The molecule has 0 unspecified atom stereocenters. The molecule has 2 aromatic carbocycles. The number of hydrogen-bond donors (Lipinski definition) is 0. The van der Waals surface area contributed by atoms with Gasteiger partial charge in [0.1, 0.15) is 5.75 Å². The monoisotopic (exact) mass is 379 g/mol. The summed E-state index contributed by atoms with van der Waals surface area (Å²) in [6, 6.07) is 14.6. The number of aryl methyl sites for hydroxylation is 2. The number of halogens is 1. The summed E-state index contributed by atoms with van der Waals surface area (Å²) >= 11 is 6.22. The van der Waals surface area contributed by atoms with Gasteiger partial charge in [-0.25, -0.2) is 0 Å². The number of allylic oxidation sites excluding steroid dienone is 1. The largest absolute Gasteiger partial charge is 0.494 e. The minimum absolute atomic E-state index is 0.714. The Balaban J connectivity index is 1.35. The number of rotatable bonds is 7. The molecule has 2 aromatic rings. The molecule has 1 aliphatic carbocycles. The molecule has 0 amide bonds. The van der Waals surface area contributed by atoms with E-state index in [4.69, 9.17) is 16.3 Å². The summed E-state index contributed by atoms with van der Waals surface area (Å²) in [5.74, 6) is 0.981. The molecule has 0 saturated carbocycles. The van der Waals surface area contributed by atoms with Crippen molar-refractivity contribution in [2.75, 3.05) is 19.7 Å². The van der Waals surface area contributed by atoms with Crippen LogP contribution in [0.5, 0.6) is 5.75 Å². The summed E-state index contributed by atoms with van der Waals surface area (Å²) < 4.78 is 6.01. The Bertz CT molecular complexity index is 884. The van der Waals surface area contributed by atoms with Crippen LogP contribution in [-0.4, -0.2) is 24.6 Å². The molecule has 0 saturated heterocycles. The van der Waals surface area contributed by atoms with E-state index in [2.05, 4.69) is 48.4 Å². The Labute approximate surface area is 167 Å². The van der Waals surface area contributed by atoms with Crippen molar-refractivity contribution >= 4 is 17.2 Å². The fourth-order valence-corrected chi connectivity index (χ4v) is 4.09. The van der Waals surface area contributed by atoms with Crippen molar-refractivity contribution in [1.29, 1.82) is 0 Å². The van der Waals surface area contributed by atoms with Crippen LogP contribution in [0.15, 0.2) is 60.3 Å². The normalized spacial score (nSPS) is 15.6. The van der Waals surface area contributed by atoms with Crippen LogP contribution in [0.3, 0.4) is 0 Å². The molecule has 1 aliphatic heterocycles. The fourth-order valence-electron chi connectivity index (χ4n) is 3.86. The van der Waals surface area contributed by atoms with Crippen LogP contribution in [0, 0.1) is 0 Å². The SMILES string of the molecule is CC1=C(CN2C=CC2)CCc2cc(OCCCc3ccccc3Cl)ccc21. The molecule has 0 aromatic heterocycles. The molecule has 0 bridgehead atoms. The van der Waals surface area contributed by atoms with Gasteiger partial charge in [0.15, 0.2) is 0 Å². The maximum absolute atomic E-state index is 6.22. The van der Waals surface area contributed by atoms with Crippen molar-refractivity contribution in [2.45, 2.75) is 32.6 Å². The topological polar surface area (TPSA) is 12.5 Å². The maximum Gasteiger partial charge on any atom is 0.119 e. The van der Waals surface area contributed by atoms with E-state index in [9.17, 15) is 0 Å². The Morgan fingerprint density at radius 3 is 2.74 bits per heavy atom. The van der Waals surface area contributed by atoms with E-state index in [1.165, 1.54) is 22.3 Å². The molecule has 0 radical (unpaired) electrons. The van der Waals surface area contributed by atoms with Crippen molar-refractivity contribution in [1.82, 2.24) is 4.90 Å². The van der Waals surface area contributed by atoms with E-state index < -0.39 is 0 Å². The number of ether oxygens (including phenoxy) is 1. The first kappa shape index (κ1) is 18.2. The van der Waals surface area contributed by atoms with Gasteiger partial charge in [0.2, 0.25) is 0 Å². The van der Waals surface area contributed by atoms with Gasteiger partial charge in [-0.2, -0.15) is 0 Å². The number of nitrogens with zero attached hydrogens (tertiary/aromatic N) is 1. The van der Waals surface area contributed by atoms with Gasteiger partial charge in [0.05, 0.1) is 6.61 Å². The summed E-state index contributed by atoms with van der Waals surface area (Å²) in [4.78, 5) is 2.38. The van der Waals surface area contributed by atoms with Gasteiger partial charge in [-0.1, -0.05) is 35.9 Å². The second-order valence-electron chi connectivity index (χ2n) is 7.41. The van der Waals surface area contributed by atoms with Crippen molar-refractivity contribution in [3.05, 3.63) is 82.0 Å². The lowest BCUT2D eigenvalue weighted by atomic mass is 9.86. The van der Waals surface area contributed by atoms with Crippen molar-refractivity contribution < 1.29 is 4.74 Å². The molecule has 0 N–H and O–H groups in total. The highest BCUT2D eigenvalue weighted by atomic mass is 35.5. The third kappa shape index (κ3) is 4.22. The van der Waals surface area contributed by atoms with Crippen LogP contribution < -0.4 is 4.74 Å². The van der Waals surface area contributed by atoms with E-state index >= 15 is 0 Å². The summed E-state index contributed by atoms with van der Waals surface area (Å²) in [7, 11) is 0. The highest BCUT2D eigenvalue weighted by Crippen LogP contribution is 2.34. The average molecular weight is 380 g/mol. The first-order valence-corrected chi connectivity index (χ1v) is 10.2. The molecule has 0 fully saturated rings. The summed E-state index contributed by atoms with van der Waals surface area (Å²) in [6.45, 7) is 5.14. The van der Waals surface area contributed by atoms with Crippen molar-refractivity contribution in [3.63, 3.8) is 0 Å². The highest BCUT2D eigenvalue weighted by molar-refractivity contribution is 6.31. The van der Waals surface area contributed by atoms with Crippen LogP contribution in [0.25, 0.3) is 5.57 Å². The van der Waals surface area contributed by atoms with Gasteiger partial charge in [0.25, 0.3) is 0 Å². The Hall–Kier alpha value is -2.19. The molecule has 0 atom stereocenters. The van der Waals surface area contributed by atoms with Crippen molar-refractivity contribution in [2.24, 2.45) is 0 Å². The Kier molecular flexibility index (Phi) is 5.54. The number of benzene rings is 2. The van der Waals surface area contributed by atoms with Gasteiger partial charge in [0, 0.05) is 18.1 Å². The summed E-state index contributed by atoms with van der Waals surface area (Å²) in [5, 5.41) is 0.845. The minimum atomic E-state index is 0.714. The third-order valence-corrected chi connectivity index (χ3v) is 5.94. The first-order chi connectivity index (χ1) is 13.2. The zero-order valence-electron chi connectivity index (χ0n) is 15.9. The average Bonchev–Trinajstić information content (AvgIpc) is 2.64. The van der Waals surface area contributed by atoms with Gasteiger partial charge in [-0.05, 0) is 90.9 Å². The molecule has 0 spiro atoms. The maximum atomic E-state index is 6.22. The van der Waals surface area contributed by atoms with Gasteiger partial charge < -0.3 is 9.64 Å². The van der Waals surface area contributed by atoms with Gasteiger partial charge >= 0.3 is 0 Å². The van der Waals surface area contributed by atoms with Crippen LogP contribution in [0.2, 0.25) is 5.02 Å². The molecule has 2 aliphatic rings. The van der Waals surface area contributed by atoms with Crippen molar-refractivity contribution in [3.8, 4) is 5.75 Å². The number of hydrogen-bond acceptors (Lipinski definition) is 2. The zero-order chi connectivity index (χ0) is 18.6. The Morgan fingerprint density at radius 1 is 1.11 bits per heavy atom. The molecular weight excluding hydrogens is 354 g/mol. The van der Waals surface area contributed by atoms with Crippen LogP contribution in [-0.2, 0) is 12.8 Å². The quantitative estimate of drug-likeness (QED) is 0.555. The second-order valence-corrected chi connectivity index (χ2v) is 7.81. The standard InChI is InChI=1S/C24H26ClNO/c1-18-21(17-26-13-5-14-26)10-9-20-16-22(11-12-23(18)20)27-15-4-7-19-6-2-3-8-24(19)25/h2-3,5-6,8,11-13,16H,4,7,9-10,14-15,17H2,1H3. The van der Waals surface area contributed by atoms with Gasteiger partial charge in [-0.3, -0.25) is 0 Å². The zero-order valence-corrected chi connectivity index (χ0v) is 16.6. The van der Waals surface area contributed by atoms with E-state index in [0.717, 1.165) is 49.5 Å². The predicted molar refractivity (Wildman–Crippen MR) is 113 cm³/mol. The second kappa shape index (κ2) is 8.22. The lowest BCUT2D eigenvalue weighted by Gasteiger charge is -2.30. The molecule has 1 heterocycles. The molecule has 2 nitrogen and oxygen atoms in total. The molecule has 3 heteroatoms. The summed E-state index contributed by atoms with van der Waals surface area (Å²) in [5.41, 5.74) is 7.02. The smallest absolute Gasteiger partial charge is 0.119 e. The lowest BCUT2D eigenvalue weighted by Crippen LogP contribution is -2.27. The van der Waals surface area contributed by atoms with Crippen LogP contribution in [0.4, 0.5) is 0 Å². The predicted octanol–water partition coefficient (Wildman–Crippen LogP) is 5.90. The molecule has 27 heavy (non-hydrogen) atoms. The summed E-state index contributed by atoms with van der Waals surface area (Å²) in [6.07, 6.45) is 8.57. The van der Waals surface area contributed by atoms with E-state index in [-0.39, 0.29) is 0 Å². The minimum Gasteiger partial charge on any atom is -0.494 e. The third-order valence-electron chi connectivity index (χ3n) is 5.57. The highest BCUT2D eigenvalue weighted by Gasteiger charge is 2.18. The van der Waals surface area contributed by atoms with Crippen LogP contribution in [0.1, 0.15) is 36.5 Å². The van der Waals surface area contributed by atoms with E-state index in [0.29, 0.717) is 6.61 Å². The molecular formula is C24H26ClNO. The number of fused-ring (bicyclic) bond motifs is 1. The fraction of sp³-hybridized carbons (Fsp3) is 0.333. The van der Waals surface area contributed by atoms with Crippen LogP contribution >= 0.6 is 11.6 Å². The Morgan fingerprint density at radius 2 is 1.96 bits per heavy atom. The lowest BCUT2D eigenvalue weighted by molar-refractivity contribution is 0.310.